The molecule has 7 heteroatoms. The first-order chi connectivity index (χ1) is 11.2. The fourth-order valence-corrected chi connectivity index (χ4v) is 2.87. The molecular formula is C17H18N2O5. The Morgan fingerprint density at radius 3 is 2.75 bits per heavy atom. The molecule has 1 atom stereocenters. The van der Waals surface area contributed by atoms with E-state index in [1.165, 1.54) is 6.07 Å². The molecule has 1 unspecified atom stereocenters. The Morgan fingerprint density at radius 1 is 1.29 bits per heavy atom. The molecule has 0 spiro atoms. The Balaban J connectivity index is 1.77. The fourth-order valence-electron chi connectivity index (χ4n) is 2.87. The van der Waals surface area contributed by atoms with Gasteiger partial charge >= 0.3 is 0 Å². The second-order valence-electron chi connectivity index (χ2n) is 6.65. The summed E-state index contributed by atoms with van der Waals surface area (Å²) in [5.74, 6) is -0.959. The summed E-state index contributed by atoms with van der Waals surface area (Å²) in [6, 6.07) is 3.87. The van der Waals surface area contributed by atoms with Crippen LogP contribution in [-0.2, 0) is 9.59 Å². The zero-order valence-corrected chi connectivity index (χ0v) is 13.5. The lowest BCUT2D eigenvalue weighted by Crippen LogP contribution is -2.52. The quantitative estimate of drug-likeness (QED) is 0.787. The number of ether oxygens (including phenoxy) is 1. The van der Waals surface area contributed by atoms with Gasteiger partial charge in [0, 0.05) is 12.0 Å². The summed E-state index contributed by atoms with van der Waals surface area (Å²) in [6.07, 6.45) is 0.679. The minimum Gasteiger partial charge on any atom is -0.487 e. The number of carbonyl (C=O) groups is 4. The summed E-state index contributed by atoms with van der Waals surface area (Å²) in [5, 5.41) is 4.77. The highest BCUT2D eigenvalue weighted by Gasteiger charge is 2.33. The number of benzene rings is 1. The first-order valence-corrected chi connectivity index (χ1v) is 7.76. The average Bonchev–Trinajstić information content (AvgIpc) is 2.48. The van der Waals surface area contributed by atoms with E-state index < -0.39 is 23.5 Å². The topological polar surface area (TPSA) is 102 Å². The number of piperidine rings is 1. The van der Waals surface area contributed by atoms with Crippen molar-refractivity contribution in [2.45, 2.75) is 44.8 Å². The van der Waals surface area contributed by atoms with E-state index in [0.717, 1.165) is 0 Å². The van der Waals surface area contributed by atoms with E-state index >= 15 is 0 Å². The second-order valence-corrected chi connectivity index (χ2v) is 6.65. The lowest BCUT2D eigenvalue weighted by Gasteiger charge is -2.31. The van der Waals surface area contributed by atoms with Crippen LogP contribution >= 0.6 is 0 Å². The van der Waals surface area contributed by atoms with E-state index in [-0.39, 0.29) is 36.5 Å². The first-order valence-electron chi connectivity index (χ1n) is 7.76. The van der Waals surface area contributed by atoms with Crippen molar-refractivity contribution in [1.82, 2.24) is 10.6 Å². The number of fused-ring (bicyclic) bond motifs is 1. The molecule has 2 aliphatic rings. The predicted molar refractivity (Wildman–Crippen MR) is 83.7 cm³/mol. The maximum Gasteiger partial charge on any atom is 0.251 e. The Kier molecular flexibility index (Phi) is 3.87. The highest BCUT2D eigenvalue weighted by atomic mass is 16.5. The van der Waals surface area contributed by atoms with Crippen molar-refractivity contribution in [2.75, 3.05) is 0 Å². The molecule has 3 rings (SSSR count). The van der Waals surface area contributed by atoms with Crippen LogP contribution in [0.25, 0.3) is 0 Å². The van der Waals surface area contributed by atoms with Gasteiger partial charge in [-0.3, -0.25) is 24.5 Å². The van der Waals surface area contributed by atoms with Gasteiger partial charge in [-0.1, -0.05) is 0 Å². The van der Waals surface area contributed by atoms with Gasteiger partial charge in [-0.15, -0.1) is 0 Å². The van der Waals surface area contributed by atoms with Gasteiger partial charge in [0.05, 0.1) is 12.0 Å². The van der Waals surface area contributed by atoms with E-state index in [4.69, 9.17) is 4.74 Å². The molecule has 7 nitrogen and oxygen atoms in total. The maximum atomic E-state index is 12.3. The van der Waals surface area contributed by atoms with Gasteiger partial charge in [-0.2, -0.15) is 0 Å². The average molecular weight is 330 g/mol. The van der Waals surface area contributed by atoms with Crippen molar-refractivity contribution in [3.05, 3.63) is 29.3 Å². The monoisotopic (exact) mass is 330 g/mol. The molecule has 0 aromatic heterocycles. The number of hydrogen-bond acceptors (Lipinski definition) is 5. The minimum atomic E-state index is -0.753. The van der Waals surface area contributed by atoms with Gasteiger partial charge in [-0.25, -0.2) is 0 Å². The molecular weight excluding hydrogens is 312 g/mol. The van der Waals surface area contributed by atoms with Crippen LogP contribution < -0.4 is 15.4 Å². The van der Waals surface area contributed by atoms with Gasteiger partial charge in [-0.05, 0) is 38.5 Å². The lowest BCUT2D eigenvalue weighted by molar-refractivity contribution is -0.134. The van der Waals surface area contributed by atoms with Crippen molar-refractivity contribution >= 4 is 23.5 Å². The summed E-state index contributed by atoms with van der Waals surface area (Å²) >= 11 is 0. The van der Waals surface area contributed by atoms with Crippen molar-refractivity contribution in [2.24, 2.45) is 0 Å². The molecule has 1 saturated heterocycles. The van der Waals surface area contributed by atoms with Gasteiger partial charge in [0.25, 0.3) is 5.91 Å². The largest absolute Gasteiger partial charge is 0.487 e. The maximum absolute atomic E-state index is 12.3. The van der Waals surface area contributed by atoms with E-state index in [1.807, 2.05) is 13.8 Å². The minimum absolute atomic E-state index is 0.0862. The molecule has 1 aromatic carbocycles. The summed E-state index contributed by atoms with van der Waals surface area (Å²) in [6.45, 7) is 3.66. The number of rotatable bonds is 2. The Hall–Kier alpha value is -2.70. The molecule has 3 amide bonds. The molecule has 24 heavy (non-hydrogen) atoms. The third kappa shape index (κ3) is 3.15. The number of hydrogen-bond donors (Lipinski definition) is 2. The van der Waals surface area contributed by atoms with Crippen LogP contribution in [0.15, 0.2) is 18.2 Å². The molecule has 0 radical (unpaired) electrons. The van der Waals surface area contributed by atoms with Gasteiger partial charge in [0.15, 0.2) is 5.78 Å². The number of amides is 3. The summed E-state index contributed by atoms with van der Waals surface area (Å²) in [4.78, 5) is 47.4. The zero-order chi connectivity index (χ0) is 17.5. The fraction of sp³-hybridized carbons (Fsp3) is 0.412. The standard InChI is InChI=1S/C17H18N2O5/c1-17(2)8-12(20)10-7-9(3-5-13(10)24-17)15(22)18-11-4-6-14(21)19-16(11)23/h3,5,7,11H,4,6,8H2,1-2H3,(H,18,22)(H,19,21,23). The number of Topliss-reactive ketones (excluding diaryl/α,β-unsaturated/α-hetero) is 1. The molecule has 0 aliphatic carbocycles. The van der Waals surface area contributed by atoms with E-state index in [2.05, 4.69) is 10.6 Å². The Labute approximate surface area is 138 Å². The molecule has 1 fully saturated rings. The molecule has 126 valence electrons. The van der Waals surface area contributed by atoms with Crippen LogP contribution in [0, 0.1) is 0 Å². The summed E-state index contributed by atoms with van der Waals surface area (Å²) < 4.78 is 5.75. The van der Waals surface area contributed by atoms with Crippen LogP contribution in [0.1, 0.15) is 53.8 Å². The summed E-state index contributed by atoms with van der Waals surface area (Å²) in [5.41, 5.74) is 0.0704. The van der Waals surface area contributed by atoms with Crippen LogP contribution in [0.2, 0.25) is 0 Å². The van der Waals surface area contributed by atoms with Crippen LogP contribution in [0.3, 0.4) is 0 Å². The molecule has 2 N–H and O–H groups in total. The lowest BCUT2D eigenvalue weighted by atomic mass is 9.92. The smallest absolute Gasteiger partial charge is 0.251 e. The normalized spacial score (nSPS) is 22.2. The molecule has 0 saturated carbocycles. The number of ketones is 1. The highest BCUT2D eigenvalue weighted by Crippen LogP contribution is 2.33. The van der Waals surface area contributed by atoms with Gasteiger partial charge in [0.1, 0.15) is 17.4 Å². The highest BCUT2D eigenvalue weighted by molar-refractivity contribution is 6.06. The van der Waals surface area contributed by atoms with Crippen LogP contribution in [-0.4, -0.2) is 35.1 Å². The molecule has 2 heterocycles. The number of imide groups is 1. The molecule has 1 aromatic rings. The van der Waals surface area contributed by atoms with Gasteiger partial charge < -0.3 is 10.1 Å². The summed E-state index contributed by atoms with van der Waals surface area (Å²) in [7, 11) is 0. The van der Waals surface area contributed by atoms with E-state index in [1.54, 1.807) is 12.1 Å². The van der Waals surface area contributed by atoms with Crippen molar-refractivity contribution in [3.8, 4) is 5.75 Å². The number of carbonyl (C=O) groups excluding carboxylic acids is 4. The second kappa shape index (κ2) is 5.74. The van der Waals surface area contributed by atoms with E-state index in [0.29, 0.717) is 11.3 Å². The van der Waals surface area contributed by atoms with E-state index in [9.17, 15) is 19.2 Å². The molecule has 2 aliphatic heterocycles. The van der Waals surface area contributed by atoms with Gasteiger partial charge in [0.2, 0.25) is 11.8 Å². The third-order valence-electron chi connectivity index (χ3n) is 4.06. The van der Waals surface area contributed by atoms with Crippen LogP contribution in [0.5, 0.6) is 5.75 Å². The SMILES string of the molecule is CC1(C)CC(=O)c2cc(C(=O)NC3CCC(=O)NC3=O)ccc2O1. The Morgan fingerprint density at radius 2 is 2.04 bits per heavy atom. The van der Waals surface area contributed by atoms with Crippen molar-refractivity contribution in [1.29, 1.82) is 0 Å². The number of nitrogens with one attached hydrogen (secondary N) is 2. The van der Waals surface area contributed by atoms with Crippen molar-refractivity contribution in [3.63, 3.8) is 0 Å². The zero-order valence-electron chi connectivity index (χ0n) is 13.5. The Bertz CT molecular complexity index is 753. The predicted octanol–water partition coefficient (Wildman–Crippen LogP) is 0.965. The molecule has 0 bridgehead atoms. The van der Waals surface area contributed by atoms with Crippen LogP contribution in [0.4, 0.5) is 0 Å². The first kappa shape index (κ1) is 16.2. The third-order valence-corrected chi connectivity index (χ3v) is 4.06. The van der Waals surface area contributed by atoms with Crippen molar-refractivity contribution < 1.29 is 23.9 Å².